The number of esters is 1. The number of carbonyl (C=O) groups excluding carboxylic acids is 2. The quantitative estimate of drug-likeness (QED) is 0.617. The van der Waals surface area contributed by atoms with E-state index in [4.69, 9.17) is 4.74 Å². The molecule has 0 aromatic carbocycles. The van der Waals surface area contributed by atoms with Crippen LogP contribution in [-0.2, 0) is 24.2 Å². The normalized spacial score (nSPS) is 26.9. The van der Waals surface area contributed by atoms with Gasteiger partial charge in [-0.3, -0.25) is 4.79 Å². The number of hydrogen-bond donors (Lipinski definition) is 1. The van der Waals surface area contributed by atoms with Gasteiger partial charge in [0.15, 0.2) is 9.84 Å². The van der Waals surface area contributed by atoms with Crippen LogP contribution in [0.3, 0.4) is 0 Å². The van der Waals surface area contributed by atoms with Gasteiger partial charge in [0.1, 0.15) is 5.54 Å². The predicted octanol–water partition coefficient (Wildman–Crippen LogP) is 1.19. The smallest absolute Gasteiger partial charge is 0.331 e. The summed E-state index contributed by atoms with van der Waals surface area (Å²) >= 11 is 0. The molecule has 0 radical (unpaired) electrons. The number of ether oxygens (including phenoxy) is 1. The second-order valence-corrected chi connectivity index (χ2v) is 8.74. The zero-order valence-electron chi connectivity index (χ0n) is 13.1. The number of carbonyl (C=O) groups is 2. The van der Waals surface area contributed by atoms with Crippen LogP contribution in [0, 0.1) is 5.92 Å². The Morgan fingerprint density at radius 1 is 1.18 bits per heavy atom. The first-order valence-electron chi connectivity index (χ1n) is 7.97. The summed E-state index contributed by atoms with van der Waals surface area (Å²) in [6.07, 6.45) is 5.74. The second kappa shape index (κ2) is 6.98. The van der Waals surface area contributed by atoms with Crippen LogP contribution in [0.2, 0.25) is 0 Å². The lowest BCUT2D eigenvalue weighted by molar-refractivity contribution is -0.151. The van der Waals surface area contributed by atoms with E-state index in [1.54, 1.807) is 0 Å². The molecule has 0 spiro atoms. The topological polar surface area (TPSA) is 89.5 Å². The van der Waals surface area contributed by atoms with E-state index in [0.717, 1.165) is 25.7 Å². The molecule has 2 fully saturated rings. The van der Waals surface area contributed by atoms with E-state index >= 15 is 0 Å². The van der Waals surface area contributed by atoms with Crippen molar-refractivity contribution in [2.75, 3.05) is 18.6 Å². The lowest BCUT2D eigenvalue weighted by atomic mass is 9.89. The van der Waals surface area contributed by atoms with E-state index in [1.165, 1.54) is 7.11 Å². The van der Waals surface area contributed by atoms with Crippen LogP contribution in [0.5, 0.6) is 0 Å². The molecule has 6 nitrogen and oxygen atoms in total. The van der Waals surface area contributed by atoms with Crippen molar-refractivity contribution >= 4 is 21.7 Å². The minimum Gasteiger partial charge on any atom is -0.467 e. The standard InChI is InChI=1S/C15H25NO5S/c1-21-14(18)15(7-4-2-3-5-8-15)16-13(17)10-12-6-9-22(19,20)11-12/h12H,2-11H2,1H3,(H,16,17). The second-order valence-electron chi connectivity index (χ2n) is 6.51. The van der Waals surface area contributed by atoms with Gasteiger partial charge in [0.2, 0.25) is 5.91 Å². The maximum absolute atomic E-state index is 12.3. The molecule has 1 saturated carbocycles. The SMILES string of the molecule is COC(=O)C1(NC(=O)CC2CCS(=O)(=O)C2)CCCCCC1. The van der Waals surface area contributed by atoms with E-state index in [0.29, 0.717) is 19.3 Å². The first-order chi connectivity index (χ1) is 10.4. The molecular weight excluding hydrogens is 306 g/mol. The molecule has 22 heavy (non-hydrogen) atoms. The van der Waals surface area contributed by atoms with Crippen LogP contribution in [-0.4, -0.2) is 44.4 Å². The van der Waals surface area contributed by atoms with Gasteiger partial charge in [-0.25, -0.2) is 13.2 Å². The molecule has 7 heteroatoms. The third kappa shape index (κ3) is 4.21. The molecule has 1 aliphatic heterocycles. The van der Waals surface area contributed by atoms with Crippen molar-refractivity contribution < 1.29 is 22.7 Å². The molecule has 1 aliphatic carbocycles. The third-order valence-electron chi connectivity index (χ3n) is 4.71. The molecule has 2 rings (SSSR count). The third-order valence-corrected chi connectivity index (χ3v) is 6.55. The molecule has 1 N–H and O–H groups in total. The average molecular weight is 331 g/mol. The van der Waals surface area contributed by atoms with Gasteiger partial charge in [0.05, 0.1) is 18.6 Å². The van der Waals surface area contributed by atoms with Crippen LogP contribution in [0.15, 0.2) is 0 Å². The lowest BCUT2D eigenvalue weighted by Gasteiger charge is -2.31. The van der Waals surface area contributed by atoms with Crippen LogP contribution >= 0.6 is 0 Å². The van der Waals surface area contributed by atoms with Gasteiger partial charge in [0.25, 0.3) is 0 Å². The number of methoxy groups -OCH3 is 1. The van der Waals surface area contributed by atoms with Crippen LogP contribution < -0.4 is 5.32 Å². The summed E-state index contributed by atoms with van der Waals surface area (Å²) in [6.45, 7) is 0. The first kappa shape index (κ1) is 17.2. The number of amides is 1. The average Bonchev–Trinajstić information content (AvgIpc) is 2.66. The van der Waals surface area contributed by atoms with Gasteiger partial charge in [0, 0.05) is 6.42 Å². The van der Waals surface area contributed by atoms with Gasteiger partial charge >= 0.3 is 5.97 Å². The molecular formula is C15H25NO5S. The highest BCUT2D eigenvalue weighted by atomic mass is 32.2. The van der Waals surface area contributed by atoms with Crippen molar-refractivity contribution in [1.82, 2.24) is 5.32 Å². The van der Waals surface area contributed by atoms with Crippen molar-refractivity contribution in [3.8, 4) is 0 Å². The van der Waals surface area contributed by atoms with Crippen molar-refractivity contribution in [3.05, 3.63) is 0 Å². The van der Waals surface area contributed by atoms with Gasteiger partial charge < -0.3 is 10.1 Å². The molecule has 0 bridgehead atoms. The molecule has 0 aromatic heterocycles. The summed E-state index contributed by atoms with van der Waals surface area (Å²) in [6, 6.07) is 0. The maximum Gasteiger partial charge on any atom is 0.331 e. The monoisotopic (exact) mass is 331 g/mol. The minimum absolute atomic E-state index is 0.0750. The molecule has 1 unspecified atom stereocenters. The number of nitrogens with one attached hydrogen (secondary N) is 1. The Morgan fingerprint density at radius 3 is 2.32 bits per heavy atom. The first-order valence-corrected chi connectivity index (χ1v) is 9.79. The van der Waals surface area contributed by atoms with Crippen molar-refractivity contribution in [2.45, 2.75) is 56.9 Å². The zero-order chi connectivity index (χ0) is 16.2. The largest absolute Gasteiger partial charge is 0.467 e. The molecule has 1 heterocycles. The summed E-state index contributed by atoms with van der Waals surface area (Å²) in [5, 5.41) is 2.87. The summed E-state index contributed by atoms with van der Waals surface area (Å²) in [5.74, 6) is -0.527. The van der Waals surface area contributed by atoms with Crippen LogP contribution in [0.1, 0.15) is 51.4 Å². The van der Waals surface area contributed by atoms with Gasteiger partial charge in [-0.05, 0) is 25.2 Å². The fraction of sp³-hybridized carbons (Fsp3) is 0.867. The molecule has 126 valence electrons. The fourth-order valence-corrected chi connectivity index (χ4v) is 5.38. The maximum atomic E-state index is 12.3. The number of hydrogen-bond acceptors (Lipinski definition) is 5. The summed E-state index contributed by atoms with van der Waals surface area (Å²) in [5.41, 5.74) is -0.931. The lowest BCUT2D eigenvalue weighted by Crippen LogP contribution is -2.55. The van der Waals surface area contributed by atoms with E-state index < -0.39 is 15.4 Å². The van der Waals surface area contributed by atoms with Crippen LogP contribution in [0.4, 0.5) is 0 Å². The minimum atomic E-state index is -2.99. The fourth-order valence-electron chi connectivity index (χ4n) is 3.52. The van der Waals surface area contributed by atoms with E-state index in [2.05, 4.69) is 5.32 Å². The highest BCUT2D eigenvalue weighted by Gasteiger charge is 2.41. The zero-order valence-corrected chi connectivity index (χ0v) is 13.9. The van der Waals surface area contributed by atoms with E-state index in [1.807, 2.05) is 0 Å². The highest BCUT2D eigenvalue weighted by molar-refractivity contribution is 7.91. The van der Waals surface area contributed by atoms with Gasteiger partial charge in [-0.2, -0.15) is 0 Å². The molecule has 0 aromatic rings. The van der Waals surface area contributed by atoms with Crippen molar-refractivity contribution in [3.63, 3.8) is 0 Å². The molecule has 2 aliphatic rings. The molecule has 1 saturated heterocycles. The number of rotatable bonds is 4. The Morgan fingerprint density at radius 2 is 1.82 bits per heavy atom. The summed E-state index contributed by atoms with van der Waals surface area (Å²) in [4.78, 5) is 24.5. The Balaban J connectivity index is 2.00. The Bertz CT molecular complexity index is 520. The molecule has 1 amide bonds. The Labute approximate surface area is 131 Å². The van der Waals surface area contributed by atoms with Gasteiger partial charge in [-0.1, -0.05) is 25.7 Å². The predicted molar refractivity (Wildman–Crippen MR) is 82.0 cm³/mol. The van der Waals surface area contributed by atoms with Crippen molar-refractivity contribution in [2.24, 2.45) is 5.92 Å². The summed E-state index contributed by atoms with van der Waals surface area (Å²) < 4.78 is 27.8. The van der Waals surface area contributed by atoms with E-state index in [-0.39, 0.29) is 35.7 Å². The highest BCUT2D eigenvalue weighted by Crippen LogP contribution is 2.29. The van der Waals surface area contributed by atoms with Gasteiger partial charge in [-0.15, -0.1) is 0 Å². The Kier molecular flexibility index (Phi) is 5.47. The van der Waals surface area contributed by atoms with Crippen molar-refractivity contribution in [1.29, 1.82) is 0 Å². The van der Waals surface area contributed by atoms with E-state index in [9.17, 15) is 18.0 Å². The summed E-state index contributed by atoms with van der Waals surface area (Å²) in [7, 11) is -1.65. The molecule has 1 atom stereocenters. The Hall–Kier alpha value is -1.11. The number of sulfone groups is 1. The van der Waals surface area contributed by atoms with Crippen LogP contribution in [0.25, 0.3) is 0 Å².